The van der Waals surface area contributed by atoms with Gasteiger partial charge in [-0.2, -0.15) is 0 Å². The number of benzene rings is 1. The van der Waals surface area contributed by atoms with Crippen LogP contribution < -0.4 is 4.43 Å². The van der Waals surface area contributed by atoms with E-state index in [1.807, 2.05) is 19.6 Å². The Labute approximate surface area is 102 Å². The number of carbonyl (C=O) groups is 2. The van der Waals surface area contributed by atoms with Crippen LogP contribution >= 0.6 is 0 Å². The zero-order chi connectivity index (χ0) is 13.1. The molecule has 0 spiro atoms. The van der Waals surface area contributed by atoms with Crippen LogP contribution in [0.5, 0.6) is 5.75 Å². The van der Waals surface area contributed by atoms with E-state index < -0.39 is 14.3 Å². The van der Waals surface area contributed by atoms with Crippen molar-refractivity contribution in [3.05, 3.63) is 29.3 Å². The Morgan fingerprint density at radius 2 is 1.94 bits per heavy atom. The molecule has 5 heteroatoms. The van der Waals surface area contributed by atoms with Gasteiger partial charge in [-0.05, 0) is 37.8 Å². The average Bonchev–Trinajstić information content (AvgIpc) is 2.25. The van der Waals surface area contributed by atoms with Crippen LogP contribution in [0, 0.1) is 0 Å². The van der Waals surface area contributed by atoms with Gasteiger partial charge in [0.25, 0.3) is 0 Å². The molecule has 1 aromatic rings. The van der Waals surface area contributed by atoms with Crippen molar-refractivity contribution in [2.75, 3.05) is 7.11 Å². The number of rotatable bonds is 4. The summed E-state index contributed by atoms with van der Waals surface area (Å²) in [6.45, 7) is 6.13. The first kappa shape index (κ1) is 13.4. The Hall–Kier alpha value is -1.62. The topological polar surface area (TPSA) is 52.6 Å². The predicted octanol–water partition coefficient (Wildman–Crippen LogP) is 2.50. The molecule has 0 atom stereocenters. The molecule has 0 aromatic heterocycles. The summed E-state index contributed by atoms with van der Waals surface area (Å²) in [5.41, 5.74) is 0.540. The van der Waals surface area contributed by atoms with E-state index in [1.54, 1.807) is 18.2 Å². The lowest BCUT2D eigenvalue weighted by atomic mass is 10.1. The van der Waals surface area contributed by atoms with Crippen molar-refractivity contribution in [3.8, 4) is 5.75 Å². The lowest BCUT2D eigenvalue weighted by Gasteiger charge is -2.19. The Kier molecular flexibility index (Phi) is 4.06. The second-order valence-corrected chi connectivity index (χ2v) is 9.00. The van der Waals surface area contributed by atoms with Crippen molar-refractivity contribution in [2.45, 2.75) is 19.6 Å². The van der Waals surface area contributed by atoms with Crippen molar-refractivity contribution < 1.29 is 18.8 Å². The fourth-order valence-electron chi connectivity index (χ4n) is 1.35. The van der Waals surface area contributed by atoms with Crippen LogP contribution in [-0.4, -0.2) is 27.7 Å². The van der Waals surface area contributed by atoms with Gasteiger partial charge in [-0.25, -0.2) is 4.79 Å². The number of aldehydes is 1. The molecule has 0 heterocycles. The van der Waals surface area contributed by atoms with Crippen LogP contribution in [-0.2, 0) is 4.74 Å². The van der Waals surface area contributed by atoms with Crippen LogP contribution in [0.2, 0.25) is 19.6 Å². The summed E-state index contributed by atoms with van der Waals surface area (Å²) in [6.07, 6.45) is 0.628. The number of esters is 1. The van der Waals surface area contributed by atoms with Crippen molar-refractivity contribution in [1.29, 1.82) is 0 Å². The molecule has 17 heavy (non-hydrogen) atoms. The zero-order valence-electron chi connectivity index (χ0n) is 10.4. The summed E-state index contributed by atoms with van der Waals surface area (Å²) < 4.78 is 10.3. The quantitative estimate of drug-likeness (QED) is 0.469. The van der Waals surface area contributed by atoms with E-state index in [1.165, 1.54) is 7.11 Å². The fourth-order valence-corrected chi connectivity index (χ4v) is 2.19. The molecule has 0 unspecified atom stereocenters. The minimum absolute atomic E-state index is 0.255. The summed E-state index contributed by atoms with van der Waals surface area (Å²) in [7, 11) is -0.438. The van der Waals surface area contributed by atoms with E-state index >= 15 is 0 Å². The summed E-state index contributed by atoms with van der Waals surface area (Å²) in [6, 6.07) is 4.79. The maximum absolute atomic E-state index is 11.4. The maximum atomic E-state index is 11.4. The number of methoxy groups -OCH3 is 1. The van der Waals surface area contributed by atoms with Gasteiger partial charge in [0, 0.05) is 5.56 Å². The van der Waals surface area contributed by atoms with Gasteiger partial charge in [-0.3, -0.25) is 4.79 Å². The van der Waals surface area contributed by atoms with Crippen molar-refractivity contribution in [2.24, 2.45) is 0 Å². The summed E-state index contributed by atoms with van der Waals surface area (Å²) in [4.78, 5) is 22.3. The minimum atomic E-state index is -1.72. The van der Waals surface area contributed by atoms with E-state index in [0.29, 0.717) is 12.0 Å². The molecule has 0 radical (unpaired) electrons. The molecular weight excluding hydrogens is 236 g/mol. The van der Waals surface area contributed by atoms with Crippen LogP contribution in [0.3, 0.4) is 0 Å². The Balaban J connectivity index is 3.09. The molecule has 1 aromatic carbocycles. The van der Waals surface area contributed by atoms with E-state index in [-0.39, 0.29) is 11.1 Å². The lowest BCUT2D eigenvalue weighted by Crippen LogP contribution is -2.29. The largest absolute Gasteiger partial charge is 0.544 e. The van der Waals surface area contributed by atoms with Crippen molar-refractivity contribution in [1.82, 2.24) is 0 Å². The first-order chi connectivity index (χ1) is 7.87. The molecule has 0 fully saturated rings. The fraction of sp³-hybridized carbons (Fsp3) is 0.333. The van der Waals surface area contributed by atoms with Gasteiger partial charge in [-0.15, -0.1) is 0 Å². The molecule has 0 saturated heterocycles. The summed E-state index contributed by atoms with van der Waals surface area (Å²) >= 11 is 0. The van der Waals surface area contributed by atoms with Crippen LogP contribution in [0.15, 0.2) is 18.2 Å². The average molecular weight is 252 g/mol. The third kappa shape index (κ3) is 3.71. The Morgan fingerprint density at radius 3 is 2.41 bits per heavy atom. The molecule has 0 N–H and O–H groups in total. The molecule has 0 aliphatic rings. The number of ether oxygens (including phenoxy) is 1. The third-order valence-corrected chi connectivity index (χ3v) is 2.83. The van der Waals surface area contributed by atoms with Gasteiger partial charge in [0.1, 0.15) is 5.75 Å². The highest BCUT2D eigenvalue weighted by Gasteiger charge is 2.18. The van der Waals surface area contributed by atoms with E-state index in [0.717, 1.165) is 0 Å². The van der Waals surface area contributed by atoms with Gasteiger partial charge in [0.05, 0.1) is 12.7 Å². The monoisotopic (exact) mass is 252 g/mol. The summed E-state index contributed by atoms with van der Waals surface area (Å²) in [5.74, 6) is 0.0885. The second-order valence-electron chi connectivity index (χ2n) is 4.57. The standard InChI is InChI=1S/C12H16O4Si/c1-15-12(14)11-6-5-10(7-9(11)8-13)16-17(2,3)4/h5-8H,1-4H3. The number of hydrogen-bond donors (Lipinski definition) is 0. The highest BCUT2D eigenvalue weighted by atomic mass is 28.4. The third-order valence-electron chi connectivity index (χ3n) is 1.98. The first-order valence-corrected chi connectivity index (χ1v) is 8.65. The van der Waals surface area contributed by atoms with Crippen LogP contribution in [0.4, 0.5) is 0 Å². The smallest absolute Gasteiger partial charge is 0.338 e. The second kappa shape index (κ2) is 5.14. The maximum Gasteiger partial charge on any atom is 0.338 e. The summed E-state index contributed by atoms with van der Waals surface area (Å²) in [5, 5.41) is 0. The molecule has 0 amide bonds. The molecule has 92 valence electrons. The highest BCUT2D eigenvalue weighted by molar-refractivity contribution is 6.70. The SMILES string of the molecule is COC(=O)c1ccc(O[Si](C)(C)C)cc1C=O. The highest BCUT2D eigenvalue weighted by Crippen LogP contribution is 2.20. The molecule has 0 aliphatic carbocycles. The van der Waals surface area contributed by atoms with Crippen LogP contribution in [0.1, 0.15) is 20.7 Å². The van der Waals surface area contributed by atoms with E-state index in [2.05, 4.69) is 4.74 Å². The number of hydrogen-bond acceptors (Lipinski definition) is 4. The Morgan fingerprint density at radius 1 is 1.29 bits per heavy atom. The van der Waals surface area contributed by atoms with Crippen LogP contribution in [0.25, 0.3) is 0 Å². The molecular formula is C12H16O4Si. The van der Waals surface area contributed by atoms with Crippen molar-refractivity contribution >= 4 is 20.6 Å². The normalized spacial score (nSPS) is 10.8. The zero-order valence-corrected chi connectivity index (χ0v) is 11.4. The molecule has 1 rings (SSSR count). The van der Waals surface area contributed by atoms with E-state index in [4.69, 9.17) is 4.43 Å². The minimum Gasteiger partial charge on any atom is -0.544 e. The Bertz CT molecular complexity index is 435. The number of carbonyl (C=O) groups excluding carboxylic acids is 2. The lowest BCUT2D eigenvalue weighted by molar-refractivity contribution is 0.0598. The van der Waals surface area contributed by atoms with Gasteiger partial charge in [0.15, 0.2) is 6.29 Å². The molecule has 0 bridgehead atoms. The van der Waals surface area contributed by atoms with Gasteiger partial charge in [0.2, 0.25) is 8.32 Å². The first-order valence-electron chi connectivity index (χ1n) is 5.24. The molecule has 0 aliphatic heterocycles. The predicted molar refractivity (Wildman–Crippen MR) is 67.1 cm³/mol. The molecule has 4 nitrogen and oxygen atoms in total. The molecule has 0 saturated carbocycles. The van der Waals surface area contributed by atoms with Crippen molar-refractivity contribution in [3.63, 3.8) is 0 Å². The van der Waals surface area contributed by atoms with E-state index in [9.17, 15) is 9.59 Å². The van der Waals surface area contributed by atoms with Gasteiger partial charge < -0.3 is 9.16 Å². The van der Waals surface area contributed by atoms with Gasteiger partial charge >= 0.3 is 5.97 Å². The van der Waals surface area contributed by atoms with Gasteiger partial charge in [-0.1, -0.05) is 0 Å².